The Balaban J connectivity index is 2.01. The molecular weight excluding hydrogens is 259 g/mol. The maximum atomic E-state index is 12.4. The fourth-order valence-corrected chi connectivity index (χ4v) is 1.80. The largest absolute Gasteiger partial charge is 0.406 e. The molecule has 1 saturated carbocycles. The summed E-state index contributed by atoms with van der Waals surface area (Å²) in [6, 6.07) is 2.84. The molecule has 0 aromatic carbocycles. The lowest BCUT2D eigenvalue weighted by Gasteiger charge is -2.23. The van der Waals surface area contributed by atoms with Crippen LogP contribution in [-0.2, 0) is 11.2 Å². The number of nitrogen functional groups attached to an aromatic ring is 1. The fourth-order valence-electron chi connectivity index (χ4n) is 1.80. The Morgan fingerprint density at radius 2 is 2.11 bits per heavy atom. The third kappa shape index (κ3) is 4.11. The summed E-state index contributed by atoms with van der Waals surface area (Å²) in [7, 11) is 0. The number of amides is 1. The van der Waals surface area contributed by atoms with E-state index in [1.54, 1.807) is 12.1 Å². The Hall–Kier alpha value is -1.79. The van der Waals surface area contributed by atoms with Crippen molar-refractivity contribution in [3.8, 4) is 0 Å². The van der Waals surface area contributed by atoms with E-state index in [-0.39, 0.29) is 12.5 Å². The van der Waals surface area contributed by atoms with E-state index in [2.05, 4.69) is 4.98 Å². The summed E-state index contributed by atoms with van der Waals surface area (Å²) >= 11 is 0. The molecule has 0 aliphatic heterocycles. The van der Waals surface area contributed by atoms with Crippen molar-refractivity contribution < 1.29 is 18.0 Å². The third-order valence-electron chi connectivity index (χ3n) is 2.84. The molecular formula is C12H14F3N3O. The van der Waals surface area contributed by atoms with Gasteiger partial charge in [-0.25, -0.2) is 0 Å². The Morgan fingerprint density at radius 1 is 1.42 bits per heavy atom. The number of carbonyl (C=O) groups excluding carboxylic acids is 1. The molecule has 1 fully saturated rings. The second-order valence-electron chi connectivity index (χ2n) is 4.63. The normalized spacial score (nSPS) is 15.3. The molecule has 0 radical (unpaired) electrons. The van der Waals surface area contributed by atoms with Crippen molar-refractivity contribution in [3.05, 3.63) is 24.0 Å². The topological polar surface area (TPSA) is 59.2 Å². The molecule has 0 spiro atoms. The highest BCUT2D eigenvalue weighted by Gasteiger charge is 2.40. The molecule has 1 aromatic heterocycles. The second kappa shape index (κ2) is 5.07. The van der Waals surface area contributed by atoms with Gasteiger partial charge in [0, 0.05) is 11.7 Å². The Bertz CT molecular complexity index is 454. The highest BCUT2D eigenvalue weighted by molar-refractivity contribution is 5.79. The molecule has 19 heavy (non-hydrogen) atoms. The minimum Gasteiger partial charge on any atom is -0.397 e. The van der Waals surface area contributed by atoms with Crippen LogP contribution in [-0.4, -0.2) is 34.6 Å². The number of carbonyl (C=O) groups is 1. The number of anilines is 1. The van der Waals surface area contributed by atoms with Gasteiger partial charge in [-0.15, -0.1) is 0 Å². The SMILES string of the molecule is Nc1ccc(CC(=O)N(CC(F)(F)F)C2CC2)nc1. The highest BCUT2D eigenvalue weighted by Crippen LogP contribution is 2.30. The van der Waals surface area contributed by atoms with Gasteiger partial charge in [0.25, 0.3) is 0 Å². The van der Waals surface area contributed by atoms with Gasteiger partial charge >= 0.3 is 6.18 Å². The summed E-state index contributed by atoms with van der Waals surface area (Å²) in [6.45, 7) is -1.19. The molecule has 2 N–H and O–H groups in total. The summed E-state index contributed by atoms with van der Waals surface area (Å²) in [5.41, 5.74) is 6.32. The first-order chi connectivity index (χ1) is 8.85. The first-order valence-corrected chi connectivity index (χ1v) is 5.92. The number of halogens is 3. The van der Waals surface area contributed by atoms with Gasteiger partial charge in [0.15, 0.2) is 0 Å². The first kappa shape index (κ1) is 13.6. The van der Waals surface area contributed by atoms with E-state index in [1.165, 1.54) is 6.20 Å². The van der Waals surface area contributed by atoms with Crippen LogP contribution in [0.3, 0.4) is 0 Å². The van der Waals surface area contributed by atoms with Crippen LogP contribution in [0.2, 0.25) is 0 Å². The fraction of sp³-hybridized carbons (Fsp3) is 0.500. The number of hydrogen-bond donors (Lipinski definition) is 1. The van der Waals surface area contributed by atoms with E-state index in [0.29, 0.717) is 24.2 Å². The Labute approximate surface area is 108 Å². The molecule has 0 atom stereocenters. The van der Waals surface area contributed by atoms with Gasteiger partial charge in [0.05, 0.1) is 18.3 Å². The Morgan fingerprint density at radius 3 is 2.58 bits per heavy atom. The molecule has 0 bridgehead atoms. The smallest absolute Gasteiger partial charge is 0.397 e. The zero-order valence-corrected chi connectivity index (χ0v) is 10.2. The molecule has 1 amide bonds. The van der Waals surface area contributed by atoms with E-state index >= 15 is 0 Å². The maximum Gasteiger partial charge on any atom is 0.406 e. The molecule has 1 heterocycles. The average molecular weight is 273 g/mol. The predicted molar refractivity (Wildman–Crippen MR) is 63.1 cm³/mol. The van der Waals surface area contributed by atoms with Gasteiger partial charge in [0.1, 0.15) is 6.54 Å². The number of aromatic nitrogens is 1. The van der Waals surface area contributed by atoms with Crippen molar-refractivity contribution >= 4 is 11.6 Å². The van der Waals surface area contributed by atoms with Gasteiger partial charge in [-0.05, 0) is 25.0 Å². The molecule has 0 unspecified atom stereocenters. The van der Waals surface area contributed by atoms with Crippen LogP contribution in [0.1, 0.15) is 18.5 Å². The monoisotopic (exact) mass is 273 g/mol. The molecule has 0 saturated heterocycles. The van der Waals surface area contributed by atoms with Gasteiger partial charge in [0.2, 0.25) is 5.91 Å². The molecule has 4 nitrogen and oxygen atoms in total. The van der Waals surface area contributed by atoms with E-state index in [1.807, 2.05) is 0 Å². The maximum absolute atomic E-state index is 12.4. The lowest BCUT2D eigenvalue weighted by molar-refractivity contribution is -0.162. The first-order valence-electron chi connectivity index (χ1n) is 5.92. The second-order valence-corrected chi connectivity index (χ2v) is 4.63. The summed E-state index contributed by atoms with van der Waals surface area (Å²) in [5, 5.41) is 0. The number of alkyl halides is 3. The third-order valence-corrected chi connectivity index (χ3v) is 2.84. The van der Waals surface area contributed by atoms with Crippen LogP contribution in [0.4, 0.5) is 18.9 Å². The van der Waals surface area contributed by atoms with E-state index in [0.717, 1.165) is 4.90 Å². The van der Waals surface area contributed by atoms with Crippen molar-refractivity contribution in [1.82, 2.24) is 9.88 Å². The van der Waals surface area contributed by atoms with Gasteiger partial charge in [-0.2, -0.15) is 13.2 Å². The van der Waals surface area contributed by atoms with Crippen LogP contribution >= 0.6 is 0 Å². The van der Waals surface area contributed by atoms with E-state index in [4.69, 9.17) is 5.73 Å². The van der Waals surface area contributed by atoms with Crippen LogP contribution in [0.5, 0.6) is 0 Å². The lowest BCUT2D eigenvalue weighted by Crippen LogP contribution is -2.41. The molecule has 2 rings (SSSR count). The number of hydrogen-bond acceptors (Lipinski definition) is 3. The van der Waals surface area contributed by atoms with Gasteiger partial charge in [-0.3, -0.25) is 9.78 Å². The van der Waals surface area contributed by atoms with Gasteiger partial charge < -0.3 is 10.6 Å². The minimum atomic E-state index is -4.37. The minimum absolute atomic E-state index is 0.132. The highest BCUT2D eigenvalue weighted by atomic mass is 19.4. The Kier molecular flexibility index (Phi) is 3.64. The van der Waals surface area contributed by atoms with Crippen LogP contribution in [0.25, 0.3) is 0 Å². The molecule has 7 heteroatoms. The number of rotatable bonds is 4. The summed E-state index contributed by atoms with van der Waals surface area (Å²) in [5.74, 6) is -0.544. The average Bonchev–Trinajstić information content (AvgIpc) is 3.12. The molecule has 104 valence electrons. The number of nitrogens with zero attached hydrogens (tertiary/aromatic N) is 2. The van der Waals surface area contributed by atoms with Crippen molar-refractivity contribution in [3.63, 3.8) is 0 Å². The van der Waals surface area contributed by atoms with E-state index in [9.17, 15) is 18.0 Å². The zero-order valence-electron chi connectivity index (χ0n) is 10.2. The standard InChI is InChI=1S/C12H14F3N3O/c13-12(14,15)7-18(10-3-4-10)11(19)5-9-2-1-8(16)6-17-9/h1-2,6,10H,3-5,7,16H2. The zero-order chi connectivity index (χ0) is 14.0. The van der Waals surface area contributed by atoms with Crippen molar-refractivity contribution in [2.75, 3.05) is 12.3 Å². The van der Waals surface area contributed by atoms with Crippen molar-refractivity contribution in [2.45, 2.75) is 31.5 Å². The van der Waals surface area contributed by atoms with E-state index < -0.39 is 18.6 Å². The van der Waals surface area contributed by atoms with Crippen LogP contribution < -0.4 is 5.73 Å². The van der Waals surface area contributed by atoms with Crippen LogP contribution in [0.15, 0.2) is 18.3 Å². The summed E-state index contributed by atoms with van der Waals surface area (Å²) in [6.07, 6.45) is -1.85. The van der Waals surface area contributed by atoms with Crippen molar-refractivity contribution in [1.29, 1.82) is 0 Å². The summed E-state index contributed by atoms with van der Waals surface area (Å²) in [4.78, 5) is 16.7. The summed E-state index contributed by atoms with van der Waals surface area (Å²) < 4.78 is 37.3. The van der Waals surface area contributed by atoms with Crippen molar-refractivity contribution in [2.24, 2.45) is 0 Å². The predicted octanol–water partition coefficient (Wildman–Crippen LogP) is 1.76. The molecule has 1 aliphatic carbocycles. The van der Waals surface area contributed by atoms with Crippen LogP contribution in [0, 0.1) is 0 Å². The quantitative estimate of drug-likeness (QED) is 0.909. The number of nitrogens with two attached hydrogens (primary N) is 1. The number of pyridine rings is 1. The van der Waals surface area contributed by atoms with Gasteiger partial charge in [-0.1, -0.05) is 0 Å². The lowest BCUT2D eigenvalue weighted by atomic mass is 10.2. The molecule has 1 aromatic rings. The molecule has 1 aliphatic rings.